The zero-order chi connectivity index (χ0) is 23.7. The summed E-state index contributed by atoms with van der Waals surface area (Å²) in [6.07, 6.45) is 11.4. The van der Waals surface area contributed by atoms with Crippen LogP contribution in [-0.4, -0.2) is 0 Å². The fraction of sp³-hybridized carbons (Fsp3) is 0.118. The van der Waals surface area contributed by atoms with Crippen LogP contribution in [0.1, 0.15) is 22.3 Å². The molecule has 0 saturated carbocycles. The Morgan fingerprint density at radius 1 is 0.324 bits per heavy atom. The Morgan fingerprint density at radius 3 is 0.676 bits per heavy atom. The molecule has 0 radical (unpaired) electrons. The van der Waals surface area contributed by atoms with Crippen molar-refractivity contribution in [3.05, 3.63) is 134 Å². The Balaban J connectivity index is 1.73. The van der Waals surface area contributed by atoms with E-state index in [1.807, 2.05) is 24.3 Å². The molecule has 0 atom stereocenters. The van der Waals surface area contributed by atoms with E-state index in [0.717, 1.165) is 25.7 Å². The molecule has 0 unspecified atom stereocenters. The van der Waals surface area contributed by atoms with Crippen LogP contribution in [0.5, 0.6) is 0 Å². The molecule has 5 rings (SSSR count). The van der Waals surface area contributed by atoms with E-state index in [-0.39, 0.29) is 0 Å². The van der Waals surface area contributed by atoms with E-state index < -0.39 is 0 Å². The van der Waals surface area contributed by atoms with Crippen molar-refractivity contribution in [3.63, 3.8) is 0 Å². The quantitative estimate of drug-likeness (QED) is 0.167. The van der Waals surface area contributed by atoms with E-state index in [2.05, 4.69) is 87.0 Å². The summed E-state index contributed by atoms with van der Waals surface area (Å²) < 4.78 is 0. The van der Waals surface area contributed by atoms with Crippen LogP contribution in [-0.2, 0) is 25.7 Å². The number of benzene rings is 5. The molecule has 0 heterocycles. The SMILES string of the molecule is C=CCc1cc2cc3cc4cc5cc(CC=C)c(CC=C)cc5cc4cc3cc2cc1CC=C. The molecule has 0 nitrogen and oxygen atoms in total. The van der Waals surface area contributed by atoms with Gasteiger partial charge in [0.05, 0.1) is 0 Å². The van der Waals surface area contributed by atoms with E-state index in [4.69, 9.17) is 0 Å². The minimum Gasteiger partial charge on any atom is -0.103 e. The molecule has 0 aliphatic heterocycles. The smallest absolute Gasteiger partial charge is 0.00971 e. The first-order valence-electron chi connectivity index (χ1n) is 12.0. The number of hydrogen-bond acceptors (Lipinski definition) is 0. The summed E-state index contributed by atoms with van der Waals surface area (Å²) in [7, 11) is 0. The maximum Gasteiger partial charge on any atom is -0.00971 e. The maximum absolute atomic E-state index is 3.94. The fourth-order valence-electron chi connectivity index (χ4n) is 5.18. The summed E-state index contributed by atoms with van der Waals surface area (Å²) >= 11 is 0. The molecule has 0 fully saturated rings. The maximum atomic E-state index is 3.94. The second-order valence-corrected chi connectivity index (χ2v) is 9.16. The third kappa shape index (κ3) is 3.97. The van der Waals surface area contributed by atoms with E-state index in [0.29, 0.717) is 0 Å². The average Bonchev–Trinajstić information content (AvgIpc) is 2.82. The van der Waals surface area contributed by atoms with Gasteiger partial charge in [0, 0.05) is 0 Å². The van der Waals surface area contributed by atoms with Gasteiger partial charge in [0.2, 0.25) is 0 Å². The lowest BCUT2D eigenvalue weighted by Gasteiger charge is -2.12. The minimum absolute atomic E-state index is 0.877. The zero-order valence-electron chi connectivity index (χ0n) is 19.7. The van der Waals surface area contributed by atoms with Crippen LogP contribution in [0.3, 0.4) is 0 Å². The molecule has 0 aromatic heterocycles. The lowest BCUT2D eigenvalue weighted by atomic mass is 9.92. The highest BCUT2D eigenvalue weighted by Gasteiger charge is 2.09. The van der Waals surface area contributed by atoms with Gasteiger partial charge in [-0.1, -0.05) is 48.6 Å². The molecule has 0 spiro atoms. The van der Waals surface area contributed by atoms with Crippen molar-refractivity contribution in [2.24, 2.45) is 0 Å². The highest BCUT2D eigenvalue weighted by Crippen LogP contribution is 2.33. The molecule has 0 aliphatic carbocycles. The summed E-state index contributed by atoms with van der Waals surface area (Å²) in [5.41, 5.74) is 5.33. The lowest BCUT2D eigenvalue weighted by Crippen LogP contribution is -1.93. The first-order chi connectivity index (χ1) is 16.6. The number of hydrogen-bond donors (Lipinski definition) is 0. The van der Waals surface area contributed by atoms with Gasteiger partial charge in [0.25, 0.3) is 0 Å². The highest BCUT2D eigenvalue weighted by molar-refractivity contribution is 6.08. The van der Waals surface area contributed by atoms with Crippen molar-refractivity contribution in [2.45, 2.75) is 25.7 Å². The third-order valence-electron chi connectivity index (χ3n) is 6.80. The molecule has 0 aliphatic rings. The molecule has 0 bridgehead atoms. The van der Waals surface area contributed by atoms with E-state index in [1.54, 1.807) is 0 Å². The minimum atomic E-state index is 0.877. The number of fused-ring (bicyclic) bond motifs is 4. The van der Waals surface area contributed by atoms with Crippen molar-refractivity contribution in [1.29, 1.82) is 0 Å². The van der Waals surface area contributed by atoms with Gasteiger partial charge in [-0.2, -0.15) is 0 Å². The summed E-state index contributed by atoms with van der Waals surface area (Å²) in [6.45, 7) is 15.8. The molecular formula is C34H30. The molecule has 0 amide bonds. The van der Waals surface area contributed by atoms with Crippen LogP contribution in [0.4, 0.5) is 0 Å². The molecule has 0 N–H and O–H groups in total. The van der Waals surface area contributed by atoms with E-state index >= 15 is 0 Å². The van der Waals surface area contributed by atoms with Crippen molar-refractivity contribution in [2.75, 3.05) is 0 Å². The van der Waals surface area contributed by atoms with Gasteiger partial charge < -0.3 is 0 Å². The number of rotatable bonds is 8. The van der Waals surface area contributed by atoms with Gasteiger partial charge in [-0.15, -0.1) is 26.3 Å². The van der Waals surface area contributed by atoms with Gasteiger partial charge in [0.1, 0.15) is 0 Å². The highest BCUT2D eigenvalue weighted by atomic mass is 14.1. The van der Waals surface area contributed by atoms with Gasteiger partial charge in [-0.25, -0.2) is 0 Å². The standard InChI is InChI=1S/C34H30/c1-5-9-23-13-27-17-31-21-33-19-29-15-25(11-7-3)26(12-8-4)16-30(29)20-34(33)22-32(31)18-28(27)14-24(23)10-6-2/h5-8,13-22H,1-4,9-12H2. The first kappa shape index (κ1) is 21.9. The summed E-state index contributed by atoms with van der Waals surface area (Å²) in [5.74, 6) is 0. The largest absolute Gasteiger partial charge is 0.103 e. The van der Waals surface area contributed by atoms with Gasteiger partial charge in [-0.05, 0) is 127 Å². The van der Waals surface area contributed by atoms with Crippen LogP contribution in [0, 0.1) is 0 Å². The van der Waals surface area contributed by atoms with Crippen LogP contribution >= 0.6 is 0 Å². The normalized spacial score (nSPS) is 11.3. The second kappa shape index (κ2) is 9.15. The van der Waals surface area contributed by atoms with Crippen LogP contribution in [0.2, 0.25) is 0 Å². The second-order valence-electron chi connectivity index (χ2n) is 9.16. The molecule has 0 saturated heterocycles. The van der Waals surface area contributed by atoms with Gasteiger partial charge >= 0.3 is 0 Å². The lowest BCUT2D eigenvalue weighted by molar-refractivity contribution is 1.17. The average molecular weight is 439 g/mol. The third-order valence-corrected chi connectivity index (χ3v) is 6.80. The fourth-order valence-corrected chi connectivity index (χ4v) is 5.18. The number of allylic oxidation sites excluding steroid dienone is 4. The van der Waals surface area contributed by atoms with Gasteiger partial charge in [0.15, 0.2) is 0 Å². The Hall–Kier alpha value is -3.90. The molecule has 166 valence electrons. The van der Waals surface area contributed by atoms with Crippen molar-refractivity contribution < 1.29 is 0 Å². The monoisotopic (exact) mass is 438 g/mol. The van der Waals surface area contributed by atoms with Crippen molar-refractivity contribution in [1.82, 2.24) is 0 Å². The Labute approximate surface area is 202 Å². The summed E-state index contributed by atoms with van der Waals surface area (Å²) in [5, 5.41) is 10.2. The molecule has 5 aromatic rings. The summed E-state index contributed by atoms with van der Waals surface area (Å²) in [4.78, 5) is 0. The summed E-state index contributed by atoms with van der Waals surface area (Å²) in [6, 6.07) is 23.3. The van der Waals surface area contributed by atoms with Gasteiger partial charge in [-0.3, -0.25) is 0 Å². The zero-order valence-corrected chi connectivity index (χ0v) is 19.7. The van der Waals surface area contributed by atoms with Crippen LogP contribution < -0.4 is 0 Å². The van der Waals surface area contributed by atoms with Crippen molar-refractivity contribution in [3.8, 4) is 0 Å². The molecular weight excluding hydrogens is 408 g/mol. The van der Waals surface area contributed by atoms with E-state index in [1.165, 1.54) is 65.3 Å². The van der Waals surface area contributed by atoms with Crippen LogP contribution in [0.15, 0.2) is 111 Å². The predicted octanol–water partition coefficient (Wildman–Crippen LogP) is 9.21. The predicted molar refractivity (Wildman–Crippen MR) is 152 cm³/mol. The molecule has 34 heavy (non-hydrogen) atoms. The van der Waals surface area contributed by atoms with Crippen molar-refractivity contribution >= 4 is 43.1 Å². The van der Waals surface area contributed by atoms with E-state index in [9.17, 15) is 0 Å². The topological polar surface area (TPSA) is 0 Å². The first-order valence-corrected chi connectivity index (χ1v) is 12.0. The molecule has 5 aromatic carbocycles. The van der Waals surface area contributed by atoms with Crippen LogP contribution in [0.25, 0.3) is 43.1 Å². The molecule has 0 heteroatoms. The Bertz CT molecular complexity index is 1370. The Morgan fingerprint density at radius 2 is 0.500 bits per heavy atom. The Kier molecular flexibility index (Phi) is 5.90.